The Morgan fingerprint density at radius 2 is 1.95 bits per heavy atom. The Hall–Kier alpha value is -1.60. The zero-order valence-corrected chi connectivity index (χ0v) is 12.1. The first-order valence-electron chi connectivity index (χ1n) is 6.45. The molecule has 1 aliphatic rings. The van der Waals surface area contributed by atoms with Gasteiger partial charge < -0.3 is 10.8 Å². The number of rotatable bonds is 4. The fourth-order valence-electron chi connectivity index (χ4n) is 2.55. The van der Waals surface area contributed by atoms with Gasteiger partial charge in [-0.15, -0.1) is 0 Å². The second kappa shape index (κ2) is 5.41. The number of aromatic carboxylic acids is 1. The number of nitrogens with two attached hydrogens (primary N) is 1. The molecule has 0 saturated heterocycles. The Morgan fingerprint density at radius 3 is 2.50 bits per heavy atom. The molecule has 0 heterocycles. The van der Waals surface area contributed by atoms with E-state index in [0.29, 0.717) is 0 Å². The van der Waals surface area contributed by atoms with Crippen LogP contribution >= 0.6 is 0 Å². The summed E-state index contributed by atoms with van der Waals surface area (Å²) in [6, 6.07) is 3.76. The fraction of sp³-hybridized carbons (Fsp3) is 0.462. The van der Waals surface area contributed by atoms with Gasteiger partial charge in [0.15, 0.2) is 0 Å². The van der Waals surface area contributed by atoms with Crippen molar-refractivity contribution in [2.24, 2.45) is 0 Å². The van der Waals surface area contributed by atoms with Gasteiger partial charge in [0.2, 0.25) is 10.0 Å². The van der Waals surface area contributed by atoms with Crippen LogP contribution in [-0.2, 0) is 10.0 Å². The molecule has 0 atom stereocenters. The second-order valence-electron chi connectivity index (χ2n) is 5.02. The monoisotopic (exact) mass is 298 g/mol. The number of hydrogen-bond donors (Lipinski definition) is 2. The Kier molecular flexibility index (Phi) is 4.01. The highest BCUT2D eigenvalue weighted by atomic mass is 32.2. The van der Waals surface area contributed by atoms with Gasteiger partial charge >= 0.3 is 5.97 Å². The standard InChI is InChI=1S/C13H18N2O4S/c1-15(10-4-2-3-5-10)20(18,19)12-8-9(14)6-7-11(12)13(16)17/h6-8,10H,2-5,14H2,1H3,(H,16,17). The third-order valence-electron chi connectivity index (χ3n) is 3.73. The van der Waals surface area contributed by atoms with Gasteiger partial charge in [0.25, 0.3) is 0 Å². The van der Waals surface area contributed by atoms with Gasteiger partial charge in [-0.25, -0.2) is 13.2 Å². The number of carboxylic acids is 1. The summed E-state index contributed by atoms with van der Waals surface area (Å²) in [7, 11) is -2.35. The molecule has 110 valence electrons. The van der Waals surface area contributed by atoms with Crippen LogP contribution in [0.5, 0.6) is 0 Å². The zero-order valence-electron chi connectivity index (χ0n) is 11.2. The van der Waals surface area contributed by atoms with Crippen LogP contribution in [0.2, 0.25) is 0 Å². The summed E-state index contributed by atoms with van der Waals surface area (Å²) in [5.74, 6) is -1.27. The summed E-state index contributed by atoms with van der Waals surface area (Å²) in [5, 5.41) is 9.14. The van der Waals surface area contributed by atoms with Gasteiger partial charge in [-0.3, -0.25) is 0 Å². The lowest BCUT2D eigenvalue weighted by Crippen LogP contribution is -2.36. The number of carboxylic acid groups (broad SMARTS) is 1. The third kappa shape index (κ3) is 2.64. The van der Waals surface area contributed by atoms with Crippen molar-refractivity contribution in [3.05, 3.63) is 23.8 Å². The van der Waals surface area contributed by atoms with Gasteiger partial charge in [0, 0.05) is 18.8 Å². The highest BCUT2D eigenvalue weighted by Gasteiger charge is 2.32. The summed E-state index contributed by atoms with van der Waals surface area (Å²) in [6.45, 7) is 0. The third-order valence-corrected chi connectivity index (χ3v) is 5.68. The van der Waals surface area contributed by atoms with Crippen LogP contribution in [0.15, 0.2) is 23.1 Å². The number of nitrogens with zero attached hydrogens (tertiary/aromatic N) is 1. The molecule has 3 N–H and O–H groups in total. The summed E-state index contributed by atoms with van der Waals surface area (Å²) < 4.78 is 26.5. The van der Waals surface area contributed by atoms with Crippen molar-refractivity contribution < 1.29 is 18.3 Å². The van der Waals surface area contributed by atoms with Crippen LogP contribution in [0.1, 0.15) is 36.0 Å². The maximum absolute atomic E-state index is 12.6. The minimum atomic E-state index is -3.85. The van der Waals surface area contributed by atoms with Crippen molar-refractivity contribution in [1.82, 2.24) is 4.31 Å². The predicted octanol–water partition coefficient (Wildman–Crippen LogP) is 1.53. The number of benzene rings is 1. The molecular weight excluding hydrogens is 280 g/mol. The van der Waals surface area contributed by atoms with Crippen molar-refractivity contribution in [2.75, 3.05) is 12.8 Å². The van der Waals surface area contributed by atoms with Gasteiger partial charge in [0.05, 0.1) is 10.5 Å². The molecule has 0 unspecified atom stereocenters. The van der Waals surface area contributed by atoms with Crippen LogP contribution in [0, 0.1) is 0 Å². The van der Waals surface area contributed by atoms with Crippen LogP contribution in [0.3, 0.4) is 0 Å². The number of anilines is 1. The maximum atomic E-state index is 12.6. The van der Waals surface area contributed by atoms with E-state index in [1.165, 1.54) is 29.6 Å². The molecule has 1 aromatic rings. The van der Waals surface area contributed by atoms with Crippen LogP contribution in [-0.4, -0.2) is 36.9 Å². The lowest BCUT2D eigenvalue weighted by atomic mass is 10.2. The average Bonchev–Trinajstić information content (AvgIpc) is 2.91. The van der Waals surface area contributed by atoms with Crippen LogP contribution < -0.4 is 5.73 Å². The summed E-state index contributed by atoms with van der Waals surface area (Å²) >= 11 is 0. The van der Waals surface area contributed by atoms with Gasteiger partial charge in [-0.2, -0.15) is 4.31 Å². The van der Waals surface area contributed by atoms with Crippen molar-refractivity contribution in [1.29, 1.82) is 0 Å². The first kappa shape index (κ1) is 14.8. The molecule has 0 spiro atoms. The van der Waals surface area contributed by atoms with E-state index < -0.39 is 16.0 Å². The van der Waals surface area contributed by atoms with E-state index in [-0.39, 0.29) is 22.2 Å². The van der Waals surface area contributed by atoms with Crippen LogP contribution in [0.4, 0.5) is 5.69 Å². The highest BCUT2D eigenvalue weighted by molar-refractivity contribution is 7.89. The molecule has 20 heavy (non-hydrogen) atoms. The van der Waals surface area contributed by atoms with Crippen LogP contribution in [0.25, 0.3) is 0 Å². The summed E-state index contributed by atoms with van der Waals surface area (Å²) in [4.78, 5) is 11.0. The molecule has 0 amide bonds. The van der Waals surface area contributed by atoms with E-state index in [1.807, 2.05) is 0 Å². The lowest BCUT2D eigenvalue weighted by molar-refractivity contribution is 0.0692. The Morgan fingerprint density at radius 1 is 1.35 bits per heavy atom. The Labute approximate surface area is 118 Å². The molecule has 2 rings (SSSR count). The van der Waals surface area contributed by atoms with Crippen molar-refractivity contribution in [3.63, 3.8) is 0 Å². The quantitative estimate of drug-likeness (QED) is 0.821. The fourth-order valence-corrected chi connectivity index (χ4v) is 4.18. The van der Waals surface area contributed by atoms with Crippen molar-refractivity contribution >= 4 is 21.7 Å². The topological polar surface area (TPSA) is 101 Å². The molecule has 7 heteroatoms. The van der Waals surface area contributed by atoms with Gasteiger partial charge in [-0.1, -0.05) is 12.8 Å². The van der Waals surface area contributed by atoms with Crippen molar-refractivity contribution in [3.8, 4) is 0 Å². The van der Waals surface area contributed by atoms with E-state index >= 15 is 0 Å². The molecule has 0 radical (unpaired) electrons. The Balaban J connectivity index is 2.47. The molecule has 1 fully saturated rings. The number of nitrogen functional groups attached to an aromatic ring is 1. The van der Waals surface area contributed by atoms with E-state index in [1.54, 1.807) is 0 Å². The minimum absolute atomic E-state index is 0.0666. The molecule has 0 bridgehead atoms. The molecular formula is C13H18N2O4S. The number of hydrogen-bond acceptors (Lipinski definition) is 4. The largest absolute Gasteiger partial charge is 0.478 e. The number of carbonyl (C=O) groups is 1. The number of sulfonamides is 1. The highest BCUT2D eigenvalue weighted by Crippen LogP contribution is 2.29. The maximum Gasteiger partial charge on any atom is 0.337 e. The molecule has 1 saturated carbocycles. The van der Waals surface area contributed by atoms with Crippen molar-refractivity contribution in [2.45, 2.75) is 36.6 Å². The second-order valence-corrected chi connectivity index (χ2v) is 6.99. The minimum Gasteiger partial charge on any atom is -0.478 e. The smallest absolute Gasteiger partial charge is 0.337 e. The normalized spacial score (nSPS) is 16.7. The first-order chi connectivity index (χ1) is 9.34. The predicted molar refractivity (Wildman–Crippen MR) is 75.0 cm³/mol. The summed E-state index contributed by atoms with van der Waals surface area (Å²) in [6.07, 6.45) is 3.60. The molecule has 1 aliphatic carbocycles. The van der Waals surface area contributed by atoms with Gasteiger partial charge in [-0.05, 0) is 31.0 Å². The van der Waals surface area contributed by atoms with Gasteiger partial charge in [0.1, 0.15) is 0 Å². The van der Waals surface area contributed by atoms with E-state index in [4.69, 9.17) is 10.8 Å². The van der Waals surface area contributed by atoms with E-state index in [0.717, 1.165) is 25.7 Å². The average molecular weight is 298 g/mol. The zero-order chi connectivity index (χ0) is 14.9. The van der Waals surface area contributed by atoms with E-state index in [9.17, 15) is 13.2 Å². The molecule has 1 aromatic carbocycles. The Bertz CT molecular complexity index is 621. The van der Waals surface area contributed by atoms with E-state index in [2.05, 4.69) is 0 Å². The summed E-state index contributed by atoms with van der Waals surface area (Å²) in [5.41, 5.74) is 5.59. The molecule has 0 aliphatic heterocycles. The molecule has 6 nitrogen and oxygen atoms in total. The first-order valence-corrected chi connectivity index (χ1v) is 7.89. The SMILES string of the molecule is CN(C1CCCC1)S(=O)(=O)c1cc(N)ccc1C(=O)O. The lowest BCUT2D eigenvalue weighted by Gasteiger charge is -2.24. The molecule has 0 aromatic heterocycles.